The van der Waals surface area contributed by atoms with Gasteiger partial charge in [0, 0.05) is 0 Å². The van der Waals surface area contributed by atoms with Crippen molar-refractivity contribution in [1.82, 2.24) is 5.32 Å². The van der Waals surface area contributed by atoms with E-state index >= 15 is 0 Å². The van der Waals surface area contributed by atoms with E-state index in [9.17, 15) is 25.2 Å². The van der Waals surface area contributed by atoms with Crippen molar-refractivity contribution in [2.45, 2.75) is 366 Å². The molecular weight excluding hydrogens is 827 g/mol. The number of unbranched alkanes of at least 4 members (excludes halogenated alkanes) is 46. The summed E-state index contributed by atoms with van der Waals surface area (Å²) in [7, 11) is 0. The molecule has 5 N–H and O–H groups in total. The second-order valence-corrected chi connectivity index (χ2v) is 21.4. The molecule has 0 rings (SSSR count). The summed E-state index contributed by atoms with van der Waals surface area (Å²) in [5, 5.41) is 44.1. The molecule has 0 radical (unpaired) electrons. The highest BCUT2D eigenvalue weighted by atomic mass is 16.3. The first kappa shape index (κ1) is 66.0. The van der Waals surface area contributed by atoms with Crippen molar-refractivity contribution < 1.29 is 25.2 Å². The van der Waals surface area contributed by atoms with Crippen LogP contribution in [0.2, 0.25) is 0 Å². The van der Waals surface area contributed by atoms with Gasteiger partial charge in [-0.3, -0.25) is 4.79 Å². The van der Waals surface area contributed by atoms with Crippen LogP contribution in [0.1, 0.15) is 341 Å². The number of hydrogen-bond donors (Lipinski definition) is 5. The van der Waals surface area contributed by atoms with E-state index in [0.29, 0.717) is 12.8 Å². The number of allylic oxidation sites excluding steroid dienone is 2. The third kappa shape index (κ3) is 49.8. The van der Waals surface area contributed by atoms with E-state index in [0.717, 1.165) is 38.5 Å². The fourth-order valence-electron chi connectivity index (χ4n) is 9.93. The molecule has 0 aliphatic heterocycles. The zero-order chi connectivity index (χ0) is 48.8. The summed E-state index contributed by atoms with van der Waals surface area (Å²) in [4.78, 5) is 12.6. The molecule has 0 bridgehead atoms. The second kappa shape index (κ2) is 56.0. The van der Waals surface area contributed by atoms with Gasteiger partial charge >= 0.3 is 0 Å². The lowest BCUT2D eigenvalue weighted by Gasteiger charge is -2.27. The lowest BCUT2D eigenvalue weighted by atomic mass is 9.99. The lowest BCUT2D eigenvalue weighted by molar-refractivity contribution is -0.132. The number of aliphatic hydroxyl groups is 4. The van der Waals surface area contributed by atoms with Crippen LogP contribution in [0.5, 0.6) is 0 Å². The minimum atomic E-state index is -1.26. The molecule has 0 aromatic rings. The molecule has 0 fully saturated rings. The van der Waals surface area contributed by atoms with Crippen molar-refractivity contribution in [3.05, 3.63) is 12.2 Å². The van der Waals surface area contributed by atoms with Gasteiger partial charge in [0.1, 0.15) is 12.2 Å². The van der Waals surface area contributed by atoms with Crippen LogP contribution < -0.4 is 5.32 Å². The van der Waals surface area contributed by atoms with Gasteiger partial charge in [-0.15, -0.1) is 0 Å². The van der Waals surface area contributed by atoms with Crippen LogP contribution >= 0.6 is 0 Å². The molecule has 0 aromatic carbocycles. The summed E-state index contributed by atoms with van der Waals surface area (Å²) in [5.41, 5.74) is 0. The minimum Gasteiger partial charge on any atom is -0.394 e. The van der Waals surface area contributed by atoms with Crippen molar-refractivity contribution in [3.63, 3.8) is 0 Å². The lowest BCUT2D eigenvalue weighted by Crippen LogP contribution is -2.53. The molecule has 4 unspecified atom stereocenters. The average molecular weight is 949 g/mol. The predicted molar refractivity (Wildman–Crippen MR) is 293 cm³/mol. The monoisotopic (exact) mass is 948 g/mol. The van der Waals surface area contributed by atoms with E-state index in [4.69, 9.17) is 0 Å². The van der Waals surface area contributed by atoms with Gasteiger partial charge in [0.15, 0.2) is 0 Å². The summed E-state index contributed by atoms with van der Waals surface area (Å²) >= 11 is 0. The Morgan fingerprint density at radius 2 is 0.597 bits per heavy atom. The Bertz CT molecular complexity index is 975. The summed E-state index contributed by atoms with van der Waals surface area (Å²) in [6, 6.07) is -0.983. The first-order chi connectivity index (χ1) is 33.0. The average Bonchev–Trinajstić information content (AvgIpc) is 3.33. The molecule has 0 spiro atoms. The topological polar surface area (TPSA) is 110 Å². The Balaban J connectivity index is 3.56. The highest BCUT2D eigenvalue weighted by Gasteiger charge is 2.28. The molecular formula is C61H121NO5. The number of carbonyl (C=O) groups is 1. The van der Waals surface area contributed by atoms with E-state index in [1.807, 2.05) is 0 Å². The van der Waals surface area contributed by atoms with Crippen LogP contribution in [0, 0.1) is 0 Å². The summed E-state index contributed by atoms with van der Waals surface area (Å²) in [5.74, 6) is -0.577. The fraction of sp³-hybridized carbons (Fsp3) is 0.951. The Hall–Kier alpha value is -0.950. The molecule has 0 aliphatic carbocycles. The van der Waals surface area contributed by atoms with Gasteiger partial charge in [0.25, 0.3) is 0 Å². The Labute approximate surface area is 419 Å². The second-order valence-electron chi connectivity index (χ2n) is 21.4. The quantitative estimate of drug-likeness (QED) is 0.0308. The molecule has 4 atom stereocenters. The number of nitrogens with one attached hydrogen (secondary N) is 1. The number of rotatable bonds is 57. The molecule has 6 nitrogen and oxygen atoms in total. The maximum Gasteiger partial charge on any atom is 0.249 e. The SMILES string of the molecule is CCCCCCCCCCCCCC/C=C\CCCCCCCCCCCCCCCCC(O)C(=O)NC(CO)C(O)C(O)CCCCCCCCCCCCCCCCCCCCCCC. The summed E-state index contributed by atoms with van der Waals surface area (Å²) < 4.78 is 0. The number of hydrogen-bond acceptors (Lipinski definition) is 5. The van der Waals surface area contributed by atoms with Crippen LogP contribution in [0.15, 0.2) is 12.2 Å². The maximum absolute atomic E-state index is 12.6. The van der Waals surface area contributed by atoms with Gasteiger partial charge in [-0.25, -0.2) is 0 Å². The standard InChI is InChI=1S/C61H121NO5/c1-3-5-7-9-11-13-15-17-19-21-23-25-26-27-28-29-30-31-32-33-35-37-39-41-43-45-47-49-51-53-55-59(65)61(67)62-57(56-63)60(66)58(64)54-52-50-48-46-44-42-40-38-36-34-24-22-20-18-16-14-12-10-8-6-4-2/h27-28,57-60,63-66H,3-26,29-56H2,1-2H3,(H,62,67)/b28-27-. The van der Waals surface area contributed by atoms with Crippen LogP contribution in [0.4, 0.5) is 0 Å². The number of carbonyl (C=O) groups excluding carboxylic acids is 1. The highest BCUT2D eigenvalue weighted by Crippen LogP contribution is 2.19. The Kier molecular flexibility index (Phi) is 55.2. The molecule has 1 amide bonds. The fourth-order valence-corrected chi connectivity index (χ4v) is 9.93. The van der Waals surface area contributed by atoms with Crippen LogP contribution in [-0.2, 0) is 4.79 Å². The van der Waals surface area contributed by atoms with E-state index in [-0.39, 0.29) is 0 Å². The van der Waals surface area contributed by atoms with Crippen molar-refractivity contribution >= 4 is 5.91 Å². The van der Waals surface area contributed by atoms with Gasteiger partial charge in [-0.1, -0.05) is 315 Å². The zero-order valence-corrected chi connectivity index (χ0v) is 45.4. The van der Waals surface area contributed by atoms with Gasteiger partial charge in [0.2, 0.25) is 5.91 Å². The van der Waals surface area contributed by atoms with Crippen LogP contribution in [0.3, 0.4) is 0 Å². The molecule has 67 heavy (non-hydrogen) atoms. The van der Waals surface area contributed by atoms with Gasteiger partial charge in [-0.2, -0.15) is 0 Å². The van der Waals surface area contributed by atoms with E-state index in [2.05, 4.69) is 31.3 Å². The number of aliphatic hydroxyl groups excluding tert-OH is 4. The maximum atomic E-state index is 12.6. The minimum absolute atomic E-state index is 0.373. The summed E-state index contributed by atoms with van der Waals surface area (Å²) in [6.45, 7) is 4.10. The van der Waals surface area contributed by atoms with Crippen molar-refractivity contribution in [2.75, 3.05) is 6.61 Å². The van der Waals surface area contributed by atoms with Crippen LogP contribution in [-0.4, -0.2) is 57.3 Å². The Morgan fingerprint density at radius 1 is 0.358 bits per heavy atom. The smallest absolute Gasteiger partial charge is 0.249 e. The molecule has 6 heteroatoms. The molecule has 0 aromatic heterocycles. The highest BCUT2D eigenvalue weighted by molar-refractivity contribution is 5.80. The van der Waals surface area contributed by atoms with Gasteiger partial charge in [-0.05, 0) is 38.5 Å². The van der Waals surface area contributed by atoms with Crippen LogP contribution in [0.25, 0.3) is 0 Å². The predicted octanol–water partition coefficient (Wildman–Crippen LogP) is 18.0. The van der Waals surface area contributed by atoms with Gasteiger partial charge < -0.3 is 25.7 Å². The molecule has 0 saturated carbocycles. The first-order valence-corrected chi connectivity index (χ1v) is 30.6. The van der Waals surface area contributed by atoms with Crippen molar-refractivity contribution in [3.8, 4) is 0 Å². The third-order valence-electron chi connectivity index (χ3n) is 14.7. The molecule has 400 valence electrons. The van der Waals surface area contributed by atoms with E-state index in [1.54, 1.807) is 0 Å². The van der Waals surface area contributed by atoms with Crippen molar-refractivity contribution in [2.24, 2.45) is 0 Å². The largest absolute Gasteiger partial charge is 0.394 e. The van der Waals surface area contributed by atoms with Gasteiger partial charge in [0.05, 0.1) is 18.8 Å². The zero-order valence-electron chi connectivity index (χ0n) is 45.4. The van der Waals surface area contributed by atoms with Crippen molar-refractivity contribution in [1.29, 1.82) is 0 Å². The van der Waals surface area contributed by atoms with E-state index in [1.165, 1.54) is 276 Å². The normalized spacial score (nSPS) is 13.7. The molecule has 0 heterocycles. The third-order valence-corrected chi connectivity index (χ3v) is 14.7. The summed E-state index contributed by atoms with van der Waals surface area (Å²) in [6.07, 6.45) is 67.2. The molecule has 0 aliphatic rings. The first-order valence-electron chi connectivity index (χ1n) is 30.6. The number of amides is 1. The molecule has 0 saturated heterocycles. The Morgan fingerprint density at radius 3 is 0.866 bits per heavy atom. The van der Waals surface area contributed by atoms with E-state index < -0.39 is 36.9 Å².